The molecular formula is C11H15BrN2O2. The molecule has 0 spiro atoms. The van der Waals surface area contributed by atoms with E-state index in [0.717, 1.165) is 23.0 Å². The molecule has 0 aliphatic rings. The van der Waals surface area contributed by atoms with Gasteiger partial charge >= 0.3 is 0 Å². The molecule has 1 aromatic carbocycles. The lowest BCUT2D eigenvalue weighted by atomic mass is 10.1. The average molecular weight is 287 g/mol. The van der Waals surface area contributed by atoms with Crippen LogP contribution in [0.3, 0.4) is 0 Å². The number of nitro groups is 1. The van der Waals surface area contributed by atoms with Crippen molar-refractivity contribution in [2.24, 2.45) is 0 Å². The number of nitrogens with one attached hydrogen (secondary N) is 1. The third kappa shape index (κ3) is 3.20. The minimum Gasteiger partial charge on any atom is -0.381 e. The standard InChI is InChI=1S/C11H15BrN2O2/c1-3-8(4-2)13-11-6-5-9(14(15)16)7-10(11)12/h5-8,13H,3-4H2,1-2H3. The van der Waals surface area contributed by atoms with E-state index in [1.54, 1.807) is 6.07 Å². The molecule has 5 heteroatoms. The third-order valence-corrected chi connectivity index (χ3v) is 3.16. The van der Waals surface area contributed by atoms with Crippen LogP contribution in [-0.4, -0.2) is 11.0 Å². The van der Waals surface area contributed by atoms with Gasteiger partial charge in [0.2, 0.25) is 0 Å². The van der Waals surface area contributed by atoms with E-state index in [-0.39, 0.29) is 5.69 Å². The van der Waals surface area contributed by atoms with Gasteiger partial charge in [0, 0.05) is 28.3 Å². The fourth-order valence-electron chi connectivity index (χ4n) is 1.45. The maximum atomic E-state index is 10.6. The van der Waals surface area contributed by atoms with Gasteiger partial charge in [-0.15, -0.1) is 0 Å². The summed E-state index contributed by atoms with van der Waals surface area (Å²) in [6.45, 7) is 4.22. The van der Waals surface area contributed by atoms with Crippen molar-refractivity contribution in [3.8, 4) is 0 Å². The Bertz CT molecular complexity index is 378. The number of hydrogen-bond donors (Lipinski definition) is 1. The van der Waals surface area contributed by atoms with Crippen molar-refractivity contribution in [1.82, 2.24) is 0 Å². The number of anilines is 1. The maximum absolute atomic E-state index is 10.6. The molecule has 0 atom stereocenters. The minimum absolute atomic E-state index is 0.0990. The highest BCUT2D eigenvalue weighted by molar-refractivity contribution is 9.10. The molecule has 1 aromatic rings. The normalized spacial score (nSPS) is 10.5. The molecule has 0 saturated heterocycles. The van der Waals surface area contributed by atoms with Crippen LogP contribution in [0.4, 0.5) is 11.4 Å². The molecule has 0 amide bonds. The Morgan fingerprint density at radius 2 is 2.06 bits per heavy atom. The molecule has 0 aliphatic heterocycles. The number of nitro benzene ring substituents is 1. The second-order valence-electron chi connectivity index (χ2n) is 3.58. The van der Waals surface area contributed by atoms with Crippen molar-refractivity contribution < 1.29 is 4.92 Å². The summed E-state index contributed by atoms with van der Waals surface area (Å²) in [6, 6.07) is 5.17. The largest absolute Gasteiger partial charge is 0.381 e. The molecule has 0 radical (unpaired) electrons. The minimum atomic E-state index is -0.397. The second-order valence-corrected chi connectivity index (χ2v) is 4.43. The van der Waals surface area contributed by atoms with Gasteiger partial charge in [-0.2, -0.15) is 0 Å². The smallest absolute Gasteiger partial charge is 0.270 e. The summed E-state index contributed by atoms with van der Waals surface area (Å²) in [4.78, 5) is 10.2. The Morgan fingerprint density at radius 3 is 2.50 bits per heavy atom. The molecule has 16 heavy (non-hydrogen) atoms. The predicted molar refractivity (Wildman–Crippen MR) is 68.8 cm³/mol. The molecule has 0 bridgehead atoms. The van der Waals surface area contributed by atoms with E-state index >= 15 is 0 Å². The number of hydrogen-bond acceptors (Lipinski definition) is 3. The van der Waals surface area contributed by atoms with Crippen LogP contribution >= 0.6 is 15.9 Å². The van der Waals surface area contributed by atoms with Crippen LogP contribution < -0.4 is 5.32 Å². The number of non-ortho nitro benzene ring substituents is 1. The van der Waals surface area contributed by atoms with E-state index in [0.29, 0.717) is 6.04 Å². The van der Waals surface area contributed by atoms with Crippen LogP contribution in [0.25, 0.3) is 0 Å². The van der Waals surface area contributed by atoms with Crippen molar-refractivity contribution >= 4 is 27.3 Å². The SMILES string of the molecule is CCC(CC)Nc1ccc([N+](=O)[O-])cc1Br. The quantitative estimate of drug-likeness (QED) is 0.658. The van der Waals surface area contributed by atoms with Crippen LogP contribution in [0.1, 0.15) is 26.7 Å². The number of nitrogens with zero attached hydrogens (tertiary/aromatic N) is 1. The lowest BCUT2D eigenvalue weighted by molar-refractivity contribution is -0.384. The molecule has 88 valence electrons. The van der Waals surface area contributed by atoms with Crippen molar-refractivity contribution in [3.63, 3.8) is 0 Å². The number of rotatable bonds is 5. The first-order chi connectivity index (χ1) is 7.58. The van der Waals surface area contributed by atoms with Gasteiger partial charge in [0.15, 0.2) is 0 Å². The molecule has 0 saturated carbocycles. The van der Waals surface area contributed by atoms with Gasteiger partial charge in [-0.05, 0) is 34.8 Å². The highest BCUT2D eigenvalue weighted by Crippen LogP contribution is 2.28. The van der Waals surface area contributed by atoms with Crippen molar-refractivity contribution in [1.29, 1.82) is 0 Å². The van der Waals surface area contributed by atoms with Crippen LogP contribution in [-0.2, 0) is 0 Å². The number of halogens is 1. The predicted octanol–water partition coefficient (Wildman–Crippen LogP) is 3.96. The highest BCUT2D eigenvalue weighted by atomic mass is 79.9. The Morgan fingerprint density at radius 1 is 1.44 bits per heavy atom. The van der Waals surface area contributed by atoms with Gasteiger partial charge in [0.1, 0.15) is 0 Å². The van der Waals surface area contributed by atoms with Gasteiger partial charge in [0.05, 0.1) is 4.92 Å². The topological polar surface area (TPSA) is 55.2 Å². The van der Waals surface area contributed by atoms with Crippen molar-refractivity contribution in [3.05, 3.63) is 32.8 Å². The fraction of sp³-hybridized carbons (Fsp3) is 0.455. The zero-order valence-electron chi connectivity index (χ0n) is 9.37. The van der Waals surface area contributed by atoms with Gasteiger partial charge in [-0.25, -0.2) is 0 Å². The van der Waals surface area contributed by atoms with Gasteiger partial charge in [-0.3, -0.25) is 10.1 Å². The molecule has 0 fully saturated rings. The van der Waals surface area contributed by atoms with Crippen LogP contribution in [0.15, 0.2) is 22.7 Å². The second kappa shape index (κ2) is 5.84. The van der Waals surface area contributed by atoms with E-state index < -0.39 is 4.92 Å². The van der Waals surface area contributed by atoms with Gasteiger partial charge in [0.25, 0.3) is 5.69 Å². The Balaban J connectivity index is 2.86. The van der Waals surface area contributed by atoms with Gasteiger partial charge < -0.3 is 5.32 Å². The molecular weight excluding hydrogens is 272 g/mol. The first-order valence-electron chi connectivity index (χ1n) is 5.29. The molecule has 0 unspecified atom stereocenters. The van der Waals surface area contributed by atoms with Crippen molar-refractivity contribution in [2.45, 2.75) is 32.7 Å². The zero-order valence-corrected chi connectivity index (χ0v) is 11.0. The van der Waals surface area contributed by atoms with Crippen LogP contribution in [0.2, 0.25) is 0 Å². The summed E-state index contributed by atoms with van der Waals surface area (Å²) in [5, 5.41) is 13.9. The molecule has 1 rings (SSSR count). The summed E-state index contributed by atoms with van der Waals surface area (Å²) >= 11 is 3.34. The highest BCUT2D eigenvalue weighted by Gasteiger charge is 2.10. The van der Waals surface area contributed by atoms with E-state index in [1.807, 2.05) is 0 Å². The Labute approximate surface area is 103 Å². The molecule has 1 N–H and O–H groups in total. The Hall–Kier alpha value is -1.10. The van der Waals surface area contributed by atoms with E-state index in [9.17, 15) is 10.1 Å². The average Bonchev–Trinajstić information content (AvgIpc) is 2.27. The maximum Gasteiger partial charge on any atom is 0.270 e. The Kier molecular flexibility index (Phi) is 4.73. The molecule has 0 aromatic heterocycles. The summed E-state index contributed by atoms with van der Waals surface area (Å²) in [5.41, 5.74) is 1.00. The van der Waals surface area contributed by atoms with E-state index in [1.165, 1.54) is 12.1 Å². The monoisotopic (exact) mass is 286 g/mol. The molecule has 4 nitrogen and oxygen atoms in total. The molecule has 0 heterocycles. The van der Waals surface area contributed by atoms with E-state index in [4.69, 9.17) is 0 Å². The lowest BCUT2D eigenvalue weighted by Gasteiger charge is -2.17. The van der Waals surface area contributed by atoms with Crippen molar-refractivity contribution in [2.75, 3.05) is 5.32 Å². The first kappa shape index (κ1) is 13.0. The zero-order chi connectivity index (χ0) is 12.1. The van der Waals surface area contributed by atoms with E-state index in [2.05, 4.69) is 35.1 Å². The third-order valence-electron chi connectivity index (χ3n) is 2.51. The number of benzene rings is 1. The summed E-state index contributed by atoms with van der Waals surface area (Å²) < 4.78 is 0.730. The van der Waals surface area contributed by atoms with Gasteiger partial charge in [-0.1, -0.05) is 13.8 Å². The summed E-state index contributed by atoms with van der Waals surface area (Å²) in [6.07, 6.45) is 2.06. The van der Waals surface area contributed by atoms with Crippen LogP contribution in [0.5, 0.6) is 0 Å². The summed E-state index contributed by atoms with van der Waals surface area (Å²) in [7, 11) is 0. The first-order valence-corrected chi connectivity index (χ1v) is 6.08. The lowest BCUT2D eigenvalue weighted by Crippen LogP contribution is -2.17. The van der Waals surface area contributed by atoms with Crippen LogP contribution in [0, 0.1) is 10.1 Å². The molecule has 0 aliphatic carbocycles. The summed E-state index contributed by atoms with van der Waals surface area (Å²) in [5.74, 6) is 0. The fourth-order valence-corrected chi connectivity index (χ4v) is 1.93.